The van der Waals surface area contributed by atoms with Gasteiger partial charge in [-0.05, 0) is 26.7 Å². The van der Waals surface area contributed by atoms with Gasteiger partial charge in [-0.2, -0.15) is 0 Å². The molecule has 5 heteroatoms. The van der Waals surface area contributed by atoms with Crippen LogP contribution in [0.15, 0.2) is 0 Å². The average molecular weight is 269 g/mol. The summed E-state index contributed by atoms with van der Waals surface area (Å²) in [7, 11) is 0. The third-order valence-electron chi connectivity index (χ3n) is 3.47. The fourth-order valence-electron chi connectivity index (χ4n) is 2.54. The van der Waals surface area contributed by atoms with E-state index < -0.39 is 11.9 Å². The Labute approximate surface area is 115 Å². The van der Waals surface area contributed by atoms with Crippen LogP contribution in [0.1, 0.15) is 58.8 Å². The van der Waals surface area contributed by atoms with Crippen molar-refractivity contribution in [1.82, 2.24) is 10.6 Å². The van der Waals surface area contributed by atoms with Crippen LogP contribution in [-0.4, -0.2) is 29.9 Å². The minimum Gasteiger partial charge on any atom is -0.368 e. The van der Waals surface area contributed by atoms with Crippen molar-refractivity contribution in [2.24, 2.45) is 5.73 Å². The van der Waals surface area contributed by atoms with Crippen molar-refractivity contribution in [3.05, 3.63) is 0 Å². The summed E-state index contributed by atoms with van der Waals surface area (Å²) in [5, 5.41) is 6.06. The number of nitrogens with two attached hydrogens (primary N) is 1. The van der Waals surface area contributed by atoms with Crippen LogP contribution in [0.3, 0.4) is 0 Å². The molecule has 0 radical (unpaired) electrons. The maximum atomic E-state index is 11.7. The molecule has 1 rings (SSSR count). The Morgan fingerprint density at radius 3 is 2.21 bits per heavy atom. The van der Waals surface area contributed by atoms with Gasteiger partial charge >= 0.3 is 0 Å². The van der Waals surface area contributed by atoms with E-state index in [9.17, 15) is 9.59 Å². The van der Waals surface area contributed by atoms with Gasteiger partial charge in [-0.1, -0.05) is 25.7 Å². The van der Waals surface area contributed by atoms with Gasteiger partial charge in [0.2, 0.25) is 11.8 Å². The number of nitrogens with one attached hydrogen (secondary N) is 2. The summed E-state index contributed by atoms with van der Waals surface area (Å²) in [6.07, 6.45) is 7.14. The maximum absolute atomic E-state index is 11.7. The summed E-state index contributed by atoms with van der Waals surface area (Å²) < 4.78 is 0. The highest BCUT2D eigenvalue weighted by Gasteiger charge is 2.23. The molecule has 0 bridgehead atoms. The smallest absolute Gasteiger partial charge is 0.235 e. The second-order valence-electron chi connectivity index (χ2n) is 5.74. The molecule has 1 aliphatic carbocycles. The van der Waals surface area contributed by atoms with Crippen molar-refractivity contribution >= 4 is 11.8 Å². The molecule has 19 heavy (non-hydrogen) atoms. The highest BCUT2D eigenvalue weighted by atomic mass is 16.2. The maximum Gasteiger partial charge on any atom is 0.235 e. The van der Waals surface area contributed by atoms with Gasteiger partial charge in [-0.3, -0.25) is 9.59 Å². The average Bonchev–Trinajstić information content (AvgIpc) is 2.55. The molecular weight excluding hydrogens is 242 g/mol. The monoisotopic (exact) mass is 269 g/mol. The van der Waals surface area contributed by atoms with E-state index in [2.05, 4.69) is 10.6 Å². The fraction of sp³-hybridized carbons (Fsp3) is 0.857. The predicted octanol–water partition coefficient (Wildman–Crippen LogP) is 1.07. The number of carbonyl (C=O) groups excluding carboxylic acids is 2. The number of carbonyl (C=O) groups is 2. The number of hydrogen-bond donors (Lipinski definition) is 3. The molecule has 1 atom stereocenters. The second-order valence-corrected chi connectivity index (χ2v) is 5.74. The van der Waals surface area contributed by atoms with Crippen LogP contribution in [0.4, 0.5) is 0 Å². The largest absolute Gasteiger partial charge is 0.368 e. The molecule has 1 fully saturated rings. The van der Waals surface area contributed by atoms with Gasteiger partial charge in [0.05, 0.1) is 12.5 Å². The van der Waals surface area contributed by atoms with Crippen molar-refractivity contribution in [1.29, 1.82) is 0 Å². The Hall–Kier alpha value is -1.10. The van der Waals surface area contributed by atoms with E-state index in [1.54, 1.807) is 0 Å². The number of amides is 2. The van der Waals surface area contributed by atoms with Crippen LogP contribution in [0.25, 0.3) is 0 Å². The normalized spacial score (nSPS) is 18.9. The number of primary amides is 1. The van der Waals surface area contributed by atoms with E-state index in [4.69, 9.17) is 5.73 Å². The van der Waals surface area contributed by atoms with Crippen LogP contribution in [-0.2, 0) is 9.59 Å². The zero-order valence-electron chi connectivity index (χ0n) is 12.1. The Morgan fingerprint density at radius 1 is 1.16 bits per heavy atom. The first-order valence-corrected chi connectivity index (χ1v) is 7.33. The molecule has 0 heterocycles. The van der Waals surface area contributed by atoms with Gasteiger partial charge in [0.1, 0.15) is 0 Å². The third-order valence-corrected chi connectivity index (χ3v) is 3.47. The fourth-order valence-corrected chi connectivity index (χ4v) is 2.54. The molecule has 0 aromatic heterocycles. The molecule has 0 aliphatic heterocycles. The third kappa shape index (κ3) is 6.57. The standard InChI is InChI=1S/C14H27N3O2/c1-10(2)16-13(18)9-12(14(15)19)17-11-7-5-3-4-6-8-11/h10-12,17H,3-9H2,1-2H3,(H2,15,19)(H,16,18). The summed E-state index contributed by atoms with van der Waals surface area (Å²) >= 11 is 0. The lowest BCUT2D eigenvalue weighted by atomic mass is 10.1. The second kappa shape index (κ2) is 8.15. The van der Waals surface area contributed by atoms with Gasteiger partial charge in [0.15, 0.2) is 0 Å². The summed E-state index contributed by atoms with van der Waals surface area (Å²) in [4.78, 5) is 23.2. The van der Waals surface area contributed by atoms with Gasteiger partial charge in [0, 0.05) is 12.1 Å². The molecule has 5 nitrogen and oxygen atoms in total. The zero-order valence-corrected chi connectivity index (χ0v) is 12.1. The topological polar surface area (TPSA) is 84.2 Å². The highest BCUT2D eigenvalue weighted by molar-refractivity contribution is 5.87. The van der Waals surface area contributed by atoms with Crippen LogP contribution < -0.4 is 16.4 Å². The van der Waals surface area contributed by atoms with Gasteiger partial charge in [0.25, 0.3) is 0 Å². The first-order chi connectivity index (χ1) is 8.99. The Bertz CT molecular complexity index is 297. The van der Waals surface area contributed by atoms with Crippen molar-refractivity contribution in [2.45, 2.75) is 76.9 Å². The predicted molar refractivity (Wildman–Crippen MR) is 75.5 cm³/mol. The minimum absolute atomic E-state index is 0.0823. The van der Waals surface area contributed by atoms with Crippen LogP contribution in [0.2, 0.25) is 0 Å². The lowest BCUT2D eigenvalue weighted by Gasteiger charge is -2.22. The van der Waals surface area contributed by atoms with E-state index in [1.807, 2.05) is 13.8 Å². The lowest BCUT2D eigenvalue weighted by molar-refractivity contribution is -0.127. The molecule has 0 saturated heterocycles. The first-order valence-electron chi connectivity index (χ1n) is 7.33. The molecule has 4 N–H and O–H groups in total. The molecule has 1 unspecified atom stereocenters. The van der Waals surface area contributed by atoms with E-state index in [-0.39, 0.29) is 18.4 Å². The Morgan fingerprint density at radius 2 is 1.74 bits per heavy atom. The first kappa shape index (κ1) is 16.0. The summed E-state index contributed by atoms with van der Waals surface area (Å²) in [6.45, 7) is 3.80. The van der Waals surface area contributed by atoms with Gasteiger partial charge in [-0.25, -0.2) is 0 Å². The van der Waals surface area contributed by atoms with E-state index in [1.165, 1.54) is 25.7 Å². The van der Waals surface area contributed by atoms with Gasteiger partial charge < -0.3 is 16.4 Å². The van der Waals surface area contributed by atoms with E-state index in [0.29, 0.717) is 6.04 Å². The van der Waals surface area contributed by atoms with Crippen molar-refractivity contribution in [3.8, 4) is 0 Å². The quantitative estimate of drug-likeness (QED) is 0.631. The number of hydrogen-bond acceptors (Lipinski definition) is 3. The summed E-state index contributed by atoms with van der Waals surface area (Å²) in [5.74, 6) is -0.567. The van der Waals surface area contributed by atoms with Gasteiger partial charge in [-0.15, -0.1) is 0 Å². The number of rotatable bonds is 6. The SMILES string of the molecule is CC(C)NC(=O)CC(NC1CCCCCC1)C(N)=O. The molecule has 0 aromatic carbocycles. The molecule has 1 aliphatic rings. The highest BCUT2D eigenvalue weighted by Crippen LogP contribution is 2.17. The van der Waals surface area contributed by atoms with Crippen LogP contribution in [0, 0.1) is 0 Å². The zero-order chi connectivity index (χ0) is 14.3. The molecule has 0 spiro atoms. The van der Waals surface area contributed by atoms with E-state index in [0.717, 1.165) is 12.8 Å². The Balaban J connectivity index is 2.47. The van der Waals surface area contributed by atoms with Crippen molar-refractivity contribution < 1.29 is 9.59 Å². The van der Waals surface area contributed by atoms with Crippen LogP contribution in [0.5, 0.6) is 0 Å². The molecular formula is C14H27N3O2. The van der Waals surface area contributed by atoms with Crippen molar-refractivity contribution in [2.75, 3.05) is 0 Å². The molecule has 110 valence electrons. The minimum atomic E-state index is -0.554. The van der Waals surface area contributed by atoms with Crippen LogP contribution >= 0.6 is 0 Å². The summed E-state index contributed by atoms with van der Waals surface area (Å²) in [6, 6.07) is -0.160. The van der Waals surface area contributed by atoms with E-state index >= 15 is 0 Å². The Kier molecular flexibility index (Phi) is 6.84. The lowest BCUT2D eigenvalue weighted by Crippen LogP contribution is -2.49. The molecule has 0 aromatic rings. The molecule has 2 amide bonds. The molecule has 1 saturated carbocycles. The van der Waals surface area contributed by atoms with Crippen molar-refractivity contribution in [3.63, 3.8) is 0 Å². The summed E-state index contributed by atoms with van der Waals surface area (Å²) in [5.41, 5.74) is 5.39.